The first-order chi connectivity index (χ1) is 10.6. The third-order valence-electron chi connectivity index (χ3n) is 3.11. The number of hydrogen-bond acceptors (Lipinski definition) is 3. The Morgan fingerprint density at radius 2 is 1.55 bits per heavy atom. The summed E-state index contributed by atoms with van der Waals surface area (Å²) in [7, 11) is 0. The van der Waals surface area contributed by atoms with Gasteiger partial charge in [-0.05, 0) is 37.1 Å². The Kier molecular flexibility index (Phi) is 5.14. The number of para-hydroxylation sites is 1. The average Bonchev–Trinajstić information content (AvgIpc) is 2.53. The van der Waals surface area contributed by atoms with Gasteiger partial charge in [0.05, 0.1) is 0 Å². The lowest BCUT2D eigenvalue weighted by atomic mass is 10.1. The molecule has 0 aliphatic heterocycles. The van der Waals surface area contributed by atoms with Crippen LogP contribution in [0.3, 0.4) is 0 Å². The Morgan fingerprint density at radius 3 is 2.18 bits per heavy atom. The summed E-state index contributed by atoms with van der Waals surface area (Å²) >= 11 is 0. The fourth-order valence-electron chi connectivity index (χ4n) is 1.99. The van der Waals surface area contributed by atoms with Crippen LogP contribution in [0.25, 0.3) is 0 Å². The van der Waals surface area contributed by atoms with E-state index >= 15 is 0 Å². The third kappa shape index (κ3) is 4.09. The normalized spacial score (nSPS) is 9.91. The zero-order chi connectivity index (χ0) is 15.9. The minimum atomic E-state index is -0.424. The number of nitrogens with one attached hydrogen (secondary N) is 2. The lowest BCUT2D eigenvalue weighted by Crippen LogP contribution is -2.43. The molecule has 0 aliphatic carbocycles. The third-order valence-corrected chi connectivity index (χ3v) is 3.11. The van der Waals surface area contributed by atoms with Gasteiger partial charge < -0.3 is 4.74 Å². The first kappa shape index (κ1) is 15.6. The number of amides is 2. The largest absolute Gasteiger partial charge is 0.483 e. The van der Waals surface area contributed by atoms with Gasteiger partial charge in [-0.25, -0.2) is 0 Å². The minimum absolute atomic E-state index is 0.166. The molecule has 0 saturated carbocycles. The van der Waals surface area contributed by atoms with Gasteiger partial charge >= 0.3 is 0 Å². The molecule has 2 amide bonds. The van der Waals surface area contributed by atoms with E-state index in [1.165, 1.54) is 0 Å². The molecule has 0 fully saturated rings. The van der Waals surface area contributed by atoms with Crippen LogP contribution in [0.4, 0.5) is 0 Å². The van der Waals surface area contributed by atoms with Gasteiger partial charge in [-0.1, -0.05) is 36.4 Å². The minimum Gasteiger partial charge on any atom is -0.483 e. The van der Waals surface area contributed by atoms with E-state index in [0.717, 1.165) is 11.1 Å². The van der Waals surface area contributed by atoms with Crippen molar-refractivity contribution in [2.75, 3.05) is 6.61 Å². The summed E-state index contributed by atoms with van der Waals surface area (Å²) in [5.74, 6) is -0.111. The number of aryl methyl sites for hydroxylation is 2. The second-order valence-electron chi connectivity index (χ2n) is 4.88. The highest BCUT2D eigenvalue weighted by molar-refractivity contribution is 5.95. The number of carbonyl (C=O) groups is 2. The number of ether oxygens (including phenoxy) is 1. The monoisotopic (exact) mass is 298 g/mol. The Labute approximate surface area is 129 Å². The molecule has 0 atom stereocenters. The molecule has 114 valence electrons. The Morgan fingerprint density at radius 1 is 0.909 bits per heavy atom. The predicted octanol–water partition coefficient (Wildman–Crippen LogP) is 2.14. The summed E-state index contributed by atoms with van der Waals surface area (Å²) in [6, 6.07) is 14.4. The van der Waals surface area contributed by atoms with Crippen molar-refractivity contribution in [3.8, 4) is 5.75 Å². The Balaban J connectivity index is 1.83. The highest BCUT2D eigenvalue weighted by atomic mass is 16.5. The van der Waals surface area contributed by atoms with Crippen molar-refractivity contribution in [3.63, 3.8) is 0 Å². The van der Waals surface area contributed by atoms with Gasteiger partial charge in [0.2, 0.25) is 0 Å². The van der Waals surface area contributed by atoms with E-state index in [2.05, 4.69) is 10.9 Å². The lowest BCUT2D eigenvalue weighted by molar-refractivity contribution is -0.123. The van der Waals surface area contributed by atoms with Crippen molar-refractivity contribution < 1.29 is 14.3 Å². The summed E-state index contributed by atoms with van der Waals surface area (Å²) in [5.41, 5.74) is 7.06. The molecular weight excluding hydrogens is 280 g/mol. The maximum atomic E-state index is 11.8. The lowest BCUT2D eigenvalue weighted by Gasteiger charge is -2.12. The van der Waals surface area contributed by atoms with E-state index in [9.17, 15) is 9.59 Å². The van der Waals surface area contributed by atoms with E-state index in [-0.39, 0.29) is 12.5 Å². The van der Waals surface area contributed by atoms with Crippen molar-refractivity contribution >= 4 is 11.8 Å². The molecule has 0 heterocycles. The van der Waals surface area contributed by atoms with Crippen LogP contribution in [0.5, 0.6) is 5.75 Å². The second-order valence-corrected chi connectivity index (χ2v) is 4.88. The number of hydrogen-bond donors (Lipinski definition) is 2. The van der Waals surface area contributed by atoms with Gasteiger partial charge in [0, 0.05) is 5.56 Å². The average molecular weight is 298 g/mol. The predicted molar refractivity (Wildman–Crippen MR) is 83.5 cm³/mol. The standard InChI is InChI=1S/C17H18N2O3/c1-12-7-6-8-13(2)16(12)22-11-15(20)18-19-17(21)14-9-4-3-5-10-14/h3-10H,11H2,1-2H3,(H,18,20)(H,19,21). The fraction of sp³-hybridized carbons (Fsp3) is 0.176. The number of benzene rings is 2. The van der Waals surface area contributed by atoms with Gasteiger partial charge in [0.1, 0.15) is 5.75 Å². The molecule has 2 aromatic rings. The van der Waals surface area contributed by atoms with Gasteiger partial charge in [-0.15, -0.1) is 0 Å². The van der Waals surface area contributed by atoms with E-state index in [1.807, 2.05) is 38.1 Å². The SMILES string of the molecule is Cc1cccc(C)c1OCC(=O)NNC(=O)c1ccccc1. The van der Waals surface area contributed by atoms with Crippen LogP contribution in [-0.2, 0) is 4.79 Å². The molecule has 0 radical (unpaired) electrons. The first-order valence-corrected chi connectivity index (χ1v) is 6.91. The van der Waals surface area contributed by atoms with E-state index in [4.69, 9.17) is 4.74 Å². The van der Waals surface area contributed by atoms with Gasteiger partial charge in [0.25, 0.3) is 11.8 Å². The van der Waals surface area contributed by atoms with E-state index in [0.29, 0.717) is 11.3 Å². The maximum Gasteiger partial charge on any atom is 0.276 e. The number of rotatable bonds is 4. The summed E-state index contributed by atoms with van der Waals surface area (Å²) in [4.78, 5) is 23.5. The molecule has 2 rings (SSSR count). The van der Waals surface area contributed by atoms with E-state index < -0.39 is 5.91 Å². The molecule has 2 N–H and O–H groups in total. The summed E-state index contributed by atoms with van der Waals surface area (Å²) in [5, 5.41) is 0. The highest BCUT2D eigenvalue weighted by Gasteiger charge is 2.09. The van der Waals surface area contributed by atoms with Crippen LogP contribution in [-0.4, -0.2) is 18.4 Å². The van der Waals surface area contributed by atoms with Crippen molar-refractivity contribution in [2.45, 2.75) is 13.8 Å². The van der Waals surface area contributed by atoms with Crippen LogP contribution >= 0.6 is 0 Å². The molecule has 0 bridgehead atoms. The molecule has 22 heavy (non-hydrogen) atoms. The smallest absolute Gasteiger partial charge is 0.276 e. The zero-order valence-electron chi connectivity index (χ0n) is 12.6. The molecule has 0 aliphatic rings. The van der Waals surface area contributed by atoms with Crippen LogP contribution in [0.1, 0.15) is 21.5 Å². The van der Waals surface area contributed by atoms with Crippen LogP contribution < -0.4 is 15.6 Å². The van der Waals surface area contributed by atoms with Crippen LogP contribution in [0, 0.1) is 13.8 Å². The molecule has 2 aromatic carbocycles. The molecule has 5 heteroatoms. The first-order valence-electron chi connectivity index (χ1n) is 6.91. The quantitative estimate of drug-likeness (QED) is 0.850. The highest BCUT2D eigenvalue weighted by Crippen LogP contribution is 2.21. The molecule has 0 aromatic heterocycles. The number of hydrazine groups is 1. The molecule has 5 nitrogen and oxygen atoms in total. The topological polar surface area (TPSA) is 67.4 Å². The molecule has 0 unspecified atom stereocenters. The van der Waals surface area contributed by atoms with Gasteiger partial charge in [-0.3, -0.25) is 20.4 Å². The van der Waals surface area contributed by atoms with Gasteiger partial charge in [0.15, 0.2) is 6.61 Å². The van der Waals surface area contributed by atoms with Crippen molar-refractivity contribution in [1.29, 1.82) is 0 Å². The number of carbonyl (C=O) groups excluding carboxylic acids is 2. The van der Waals surface area contributed by atoms with Crippen molar-refractivity contribution in [2.24, 2.45) is 0 Å². The van der Waals surface area contributed by atoms with Crippen molar-refractivity contribution in [3.05, 3.63) is 65.2 Å². The maximum absolute atomic E-state index is 11.8. The van der Waals surface area contributed by atoms with Crippen molar-refractivity contribution in [1.82, 2.24) is 10.9 Å². The van der Waals surface area contributed by atoms with E-state index in [1.54, 1.807) is 24.3 Å². The van der Waals surface area contributed by atoms with Gasteiger partial charge in [-0.2, -0.15) is 0 Å². The second kappa shape index (κ2) is 7.26. The van der Waals surface area contributed by atoms with Crippen LogP contribution in [0.2, 0.25) is 0 Å². The summed E-state index contributed by atoms with van der Waals surface area (Å²) in [6.45, 7) is 3.66. The molecule has 0 saturated heterocycles. The summed E-state index contributed by atoms with van der Waals surface area (Å²) in [6.07, 6.45) is 0. The Hall–Kier alpha value is -2.82. The fourth-order valence-corrected chi connectivity index (χ4v) is 1.99. The van der Waals surface area contributed by atoms with Crippen LogP contribution in [0.15, 0.2) is 48.5 Å². The Bertz CT molecular complexity index is 649. The molecule has 0 spiro atoms. The zero-order valence-corrected chi connectivity index (χ0v) is 12.6. The summed E-state index contributed by atoms with van der Waals surface area (Å²) < 4.78 is 5.50. The molecular formula is C17H18N2O3.